The third kappa shape index (κ3) is 2.93. The largest absolute Gasteiger partial charge is 0.337 e. The summed E-state index contributed by atoms with van der Waals surface area (Å²) in [4.78, 5) is 27.8. The minimum Gasteiger partial charge on any atom is -0.337 e. The highest BCUT2D eigenvalue weighted by Gasteiger charge is 2.25. The lowest BCUT2D eigenvalue weighted by Gasteiger charge is -2.27. The number of benzene rings is 1. The number of hydrogen-bond acceptors (Lipinski definition) is 3. The minimum atomic E-state index is 0.0273. The fraction of sp³-hybridized carbons (Fsp3) is 0.500. The number of nitrogens with zero attached hydrogens (tertiary/aromatic N) is 2. The molecule has 3 rings (SSSR count). The predicted molar refractivity (Wildman–Crippen MR) is 81.1 cm³/mol. The van der Waals surface area contributed by atoms with Crippen LogP contribution in [-0.2, 0) is 4.79 Å². The second-order valence-corrected chi connectivity index (χ2v) is 5.85. The van der Waals surface area contributed by atoms with Crippen molar-refractivity contribution in [3.05, 3.63) is 29.8 Å². The van der Waals surface area contributed by atoms with Crippen LogP contribution in [0.4, 0.5) is 5.69 Å². The Balaban J connectivity index is 1.71. The number of hydrogen-bond donors (Lipinski definition) is 1. The SMILES string of the molecule is N[C@H]1CCN(C(=O)c2ccc(N3CCCCC3=O)cc2)C1. The molecule has 2 amide bonds. The minimum absolute atomic E-state index is 0.0273. The number of carbonyl (C=O) groups excluding carboxylic acids is 2. The van der Waals surface area contributed by atoms with Crippen LogP contribution in [0.2, 0.25) is 0 Å². The molecule has 112 valence electrons. The Hall–Kier alpha value is -1.88. The maximum absolute atomic E-state index is 12.3. The molecule has 2 saturated heterocycles. The fourth-order valence-electron chi connectivity index (χ4n) is 3.02. The summed E-state index contributed by atoms with van der Waals surface area (Å²) in [5.41, 5.74) is 7.39. The van der Waals surface area contributed by atoms with Crippen molar-refractivity contribution in [3.8, 4) is 0 Å². The molecule has 0 unspecified atom stereocenters. The lowest BCUT2D eigenvalue weighted by atomic mass is 10.1. The Morgan fingerprint density at radius 1 is 1.14 bits per heavy atom. The number of anilines is 1. The zero-order valence-electron chi connectivity index (χ0n) is 12.1. The van der Waals surface area contributed by atoms with Gasteiger partial charge in [0.1, 0.15) is 0 Å². The van der Waals surface area contributed by atoms with Gasteiger partial charge < -0.3 is 15.5 Å². The maximum atomic E-state index is 12.3. The summed E-state index contributed by atoms with van der Waals surface area (Å²) in [6.07, 6.45) is 3.50. The number of piperidine rings is 1. The van der Waals surface area contributed by atoms with Crippen LogP contribution in [0.1, 0.15) is 36.0 Å². The molecular weight excluding hydrogens is 266 g/mol. The maximum Gasteiger partial charge on any atom is 0.253 e. The molecule has 2 aliphatic rings. The van der Waals surface area contributed by atoms with Crippen molar-refractivity contribution in [2.24, 2.45) is 5.73 Å². The molecule has 2 aliphatic heterocycles. The molecule has 2 fully saturated rings. The smallest absolute Gasteiger partial charge is 0.253 e. The molecule has 21 heavy (non-hydrogen) atoms. The van der Waals surface area contributed by atoms with Gasteiger partial charge in [-0.05, 0) is 43.5 Å². The predicted octanol–water partition coefficient (Wildman–Crippen LogP) is 1.38. The van der Waals surface area contributed by atoms with Crippen molar-refractivity contribution in [2.75, 3.05) is 24.5 Å². The van der Waals surface area contributed by atoms with Crippen molar-refractivity contribution >= 4 is 17.5 Å². The van der Waals surface area contributed by atoms with Crippen molar-refractivity contribution in [3.63, 3.8) is 0 Å². The van der Waals surface area contributed by atoms with Crippen LogP contribution in [0.25, 0.3) is 0 Å². The standard InChI is InChI=1S/C16H21N3O2/c17-13-8-10-18(11-13)16(21)12-4-6-14(7-5-12)19-9-2-1-3-15(19)20/h4-7,13H,1-3,8-11,17H2/t13-/m0/s1. The van der Waals surface area contributed by atoms with Gasteiger partial charge >= 0.3 is 0 Å². The Labute approximate surface area is 124 Å². The second-order valence-electron chi connectivity index (χ2n) is 5.85. The molecule has 0 aliphatic carbocycles. The van der Waals surface area contributed by atoms with Gasteiger partial charge in [-0.2, -0.15) is 0 Å². The van der Waals surface area contributed by atoms with E-state index >= 15 is 0 Å². The fourth-order valence-corrected chi connectivity index (χ4v) is 3.02. The van der Waals surface area contributed by atoms with E-state index in [1.165, 1.54) is 0 Å². The highest BCUT2D eigenvalue weighted by atomic mass is 16.2. The van der Waals surface area contributed by atoms with Gasteiger partial charge in [0.15, 0.2) is 0 Å². The molecule has 2 N–H and O–H groups in total. The van der Waals surface area contributed by atoms with E-state index in [1.807, 2.05) is 29.2 Å². The molecule has 0 aromatic heterocycles. The lowest BCUT2D eigenvalue weighted by Crippen LogP contribution is -2.35. The molecule has 0 saturated carbocycles. The summed E-state index contributed by atoms with van der Waals surface area (Å²) in [5.74, 6) is 0.199. The summed E-state index contributed by atoms with van der Waals surface area (Å²) >= 11 is 0. The highest BCUT2D eigenvalue weighted by Crippen LogP contribution is 2.22. The molecule has 1 atom stereocenters. The molecule has 0 radical (unpaired) electrons. The summed E-state index contributed by atoms with van der Waals surface area (Å²) < 4.78 is 0. The Kier molecular flexibility index (Phi) is 3.92. The van der Waals surface area contributed by atoms with E-state index in [0.717, 1.165) is 38.0 Å². The van der Waals surface area contributed by atoms with Crippen LogP contribution in [-0.4, -0.2) is 42.4 Å². The number of likely N-dealkylation sites (tertiary alicyclic amines) is 1. The number of carbonyl (C=O) groups is 2. The van der Waals surface area contributed by atoms with Crippen LogP contribution < -0.4 is 10.6 Å². The first-order chi connectivity index (χ1) is 10.1. The van der Waals surface area contributed by atoms with E-state index in [0.29, 0.717) is 18.5 Å². The Morgan fingerprint density at radius 3 is 2.52 bits per heavy atom. The monoisotopic (exact) mass is 287 g/mol. The second kappa shape index (κ2) is 5.85. The average molecular weight is 287 g/mol. The van der Waals surface area contributed by atoms with Gasteiger partial charge in [-0.1, -0.05) is 0 Å². The van der Waals surface area contributed by atoms with Crippen LogP contribution in [0, 0.1) is 0 Å². The van der Waals surface area contributed by atoms with Crippen LogP contribution in [0.15, 0.2) is 24.3 Å². The summed E-state index contributed by atoms with van der Waals surface area (Å²) in [7, 11) is 0. The first kappa shape index (κ1) is 14.1. The van der Waals surface area contributed by atoms with E-state index in [9.17, 15) is 9.59 Å². The molecule has 2 heterocycles. The Morgan fingerprint density at radius 2 is 1.90 bits per heavy atom. The van der Waals surface area contributed by atoms with Gasteiger partial charge in [-0.3, -0.25) is 9.59 Å². The van der Waals surface area contributed by atoms with Gasteiger partial charge in [0.25, 0.3) is 5.91 Å². The average Bonchev–Trinajstić information content (AvgIpc) is 2.94. The zero-order valence-corrected chi connectivity index (χ0v) is 12.1. The van der Waals surface area contributed by atoms with E-state index in [-0.39, 0.29) is 17.9 Å². The summed E-state index contributed by atoms with van der Waals surface area (Å²) in [6.45, 7) is 2.13. The third-order valence-electron chi connectivity index (χ3n) is 4.26. The van der Waals surface area contributed by atoms with Crippen molar-refractivity contribution in [1.29, 1.82) is 0 Å². The van der Waals surface area contributed by atoms with Crippen LogP contribution in [0.5, 0.6) is 0 Å². The van der Waals surface area contributed by atoms with E-state index in [1.54, 1.807) is 4.90 Å². The summed E-state index contributed by atoms with van der Waals surface area (Å²) in [6, 6.07) is 7.45. The van der Waals surface area contributed by atoms with E-state index in [2.05, 4.69) is 0 Å². The number of rotatable bonds is 2. The first-order valence-corrected chi connectivity index (χ1v) is 7.60. The van der Waals surface area contributed by atoms with Gasteiger partial charge in [0.05, 0.1) is 0 Å². The molecular formula is C16H21N3O2. The van der Waals surface area contributed by atoms with Gasteiger partial charge in [-0.15, -0.1) is 0 Å². The molecule has 5 nitrogen and oxygen atoms in total. The molecule has 0 spiro atoms. The van der Waals surface area contributed by atoms with Gasteiger partial charge in [-0.25, -0.2) is 0 Å². The summed E-state index contributed by atoms with van der Waals surface area (Å²) in [5, 5.41) is 0. The van der Waals surface area contributed by atoms with Crippen molar-refractivity contribution < 1.29 is 9.59 Å². The molecule has 0 bridgehead atoms. The first-order valence-electron chi connectivity index (χ1n) is 7.60. The zero-order chi connectivity index (χ0) is 14.8. The highest BCUT2D eigenvalue weighted by molar-refractivity contribution is 5.97. The third-order valence-corrected chi connectivity index (χ3v) is 4.26. The van der Waals surface area contributed by atoms with Crippen molar-refractivity contribution in [1.82, 2.24) is 4.90 Å². The van der Waals surface area contributed by atoms with E-state index in [4.69, 9.17) is 5.73 Å². The Bertz CT molecular complexity index is 541. The molecule has 1 aromatic carbocycles. The van der Waals surface area contributed by atoms with Gasteiger partial charge in [0.2, 0.25) is 5.91 Å². The van der Waals surface area contributed by atoms with Crippen LogP contribution in [0.3, 0.4) is 0 Å². The van der Waals surface area contributed by atoms with Crippen molar-refractivity contribution in [2.45, 2.75) is 31.7 Å². The lowest BCUT2D eigenvalue weighted by molar-refractivity contribution is -0.119. The number of amides is 2. The normalized spacial score (nSPS) is 22.7. The van der Waals surface area contributed by atoms with Crippen LogP contribution >= 0.6 is 0 Å². The quantitative estimate of drug-likeness (QED) is 0.893. The molecule has 5 heteroatoms. The molecule has 1 aromatic rings. The van der Waals surface area contributed by atoms with Gasteiger partial charge in [0, 0.05) is 43.3 Å². The number of nitrogens with two attached hydrogens (primary N) is 1. The van der Waals surface area contributed by atoms with E-state index < -0.39 is 0 Å². The topological polar surface area (TPSA) is 66.6 Å².